The predicted octanol–water partition coefficient (Wildman–Crippen LogP) is -0.321. The van der Waals surface area contributed by atoms with Crippen LogP contribution in [0, 0.1) is 0 Å². The van der Waals surface area contributed by atoms with Gasteiger partial charge in [-0.1, -0.05) is 0 Å². The number of rotatable bonds is 6. The normalized spacial score (nSPS) is 14.5. The van der Waals surface area contributed by atoms with Crippen LogP contribution in [0.15, 0.2) is 24.3 Å². The first-order valence-corrected chi connectivity index (χ1v) is 7.72. The second-order valence-electron chi connectivity index (χ2n) is 5.34. The zero-order valence-corrected chi connectivity index (χ0v) is 13.7. The fourth-order valence-corrected chi connectivity index (χ4v) is 2.49. The molecule has 2 rings (SSSR count). The number of benzene rings is 1. The lowest BCUT2D eigenvalue weighted by atomic mass is 10.2. The molecular weight excluding hydrogens is 296 g/mol. The number of anilines is 1. The van der Waals surface area contributed by atoms with E-state index in [1.807, 2.05) is 29.2 Å². The monoisotopic (exact) mass is 320 g/mol. The third kappa shape index (κ3) is 4.85. The SMILES string of the molecule is CNC(=O)CNCC(=O)N1CCN(c2ccc(OC)cc2)CC1. The van der Waals surface area contributed by atoms with Crippen LogP contribution < -0.4 is 20.3 Å². The summed E-state index contributed by atoms with van der Waals surface area (Å²) in [6.07, 6.45) is 0. The average Bonchev–Trinajstić information content (AvgIpc) is 2.61. The number of carbonyl (C=O) groups is 2. The molecule has 1 fully saturated rings. The maximum absolute atomic E-state index is 12.1. The maximum atomic E-state index is 12.1. The number of hydrogen-bond acceptors (Lipinski definition) is 5. The van der Waals surface area contributed by atoms with Gasteiger partial charge in [-0.2, -0.15) is 0 Å². The van der Waals surface area contributed by atoms with Crippen LogP contribution in [0.5, 0.6) is 5.75 Å². The Morgan fingerprint density at radius 1 is 1.09 bits per heavy atom. The zero-order valence-electron chi connectivity index (χ0n) is 13.7. The molecular formula is C16H24N4O3. The quantitative estimate of drug-likeness (QED) is 0.751. The van der Waals surface area contributed by atoms with E-state index in [2.05, 4.69) is 15.5 Å². The van der Waals surface area contributed by atoms with Gasteiger partial charge in [-0.25, -0.2) is 0 Å². The Morgan fingerprint density at radius 3 is 2.30 bits per heavy atom. The molecule has 23 heavy (non-hydrogen) atoms. The van der Waals surface area contributed by atoms with E-state index in [9.17, 15) is 9.59 Å². The van der Waals surface area contributed by atoms with Gasteiger partial charge in [0.05, 0.1) is 20.2 Å². The van der Waals surface area contributed by atoms with Crippen LogP contribution in [0.4, 0.5) is 5.69 Å². The molecule has 0 unspecified atom stereocenters. The Morgan fingerprint density at radius 2 is 1.74 bits per heavy atom. The largest absolute Gasteiger partial charge is 0.497 e. The molecule has 1 aliphatic heterocycles. The maximum Gasteiger partial charge on any atom is 0.236 e. The molecule has 7 heteroatoms. The number of methoxy groups -OCH3 is 1. The summed E-state index contributed by atoms with van der Waals surface area (Å²) in [7, 11) is 3.22. The fourth-order valence-electron chi connectivity index (χ4n) is 2.49. The number of hydrogen-bond donors (Lipinski definition) is 2. The molecule has 0 atom stereocenters. The number of nitrogens with zero attached hydrogens (tertiary/aromatic N) is 2. The minimum atomic E-state index is -0.123. The van der Waals surface area contributed by atoms with Crippen LogP contribution in [-0.2, 0) is 9.59 Å². The van der Waals surface area contributed by atoms with Gasteiger partial charge in [0.15, 0.2) is 0 Å². The van der Waals surface area contributed by atoms with Crippen molar-refractivity contribution >= 4 is 17.5 Å². The minimum absolute atomic E-state index is 0.0308. The van der Waals surface area contributed by atoms with Gasteiger partial charge in [0.25, 0.3) is 0 Å². The number of carbonyl (C=O) groups excluding carboxylic acids is 2. The third-order valence-corrected chi connectivity index (χ3v) is 3.91. The molecule has 0 bridgehead atoms. The van der Waals surface area contributed by atoms with E-state index in [-0.39, 0.29) is 24.9 Å². The third-order valence-electron chi connectivity index (χ3n) is 3.91. The second kappa shape index (κ2) is 8.38. The molecule has 0 spiro atoms. The van der Waals surface area contributed by atoms with Crippen molar-refractivity contribution in [1.29, 1.82) is 0 Å². The van der Waals surface area contributed by atoms with Gasteiger partial charge < -0.3 is 19.9 Å². The Bertz CT molecular complexity index is 525. The van der Waals surface area contributed by atoms with Crippen molar-refractivity contribution in [2.75, 3.05) is 58.3 Å². The molecule has 1 aromatic rings. The number of piperazine rings is 1. The van der Waals surface area contributed by atoms with E-state index < -0.39 is 0 Å². The van der Waals surface area contributed by atoms with Crippen molar-refractivity contribution in [2.45, 2.75) is 0 Å². The molecule has 7 nitrogen and oxygen atoms in total. The highest BCUT2D eigenvalue weighted by Crippen LogP contribution is 2.20. The topological polar surface area (TPSA) is 73.9 Å². The van der Waals surface area contributed by atoms with Gasteiger partial charge in [-0.3, -0.25) is 14.9 Å². The summed E-state index contributed by atoms with van der Waals surface area (Å²) in [5.41, 5.74) is 1.13. The lowest BCUT2D eigenvalue weighted by Crippen LogP contribution is -2.51. The first kappa shape index (κ1) is 17.1. The van der Waals surface area contributed by atoms with Gasteiger partial charge in [-0.05, 0) is 24.3 Å². The molecule has 2 N–H and O–H groups in total. The molecule has 0 aromatic heterocycles. The van der Waals surface area contributed by atoms with E-state index in [0.29, 0.717) is 13.1 Å². The minimum Gasteiger partial charge on any atom is -0.497 e. The summed E-state index contributed by atoms with van der Waals surface area (Å²) in [6.45, 7) is 3.32. The molecule has 2 amide bonds. The van der Waals surface area contributed by atoms with Crippen LogP contribution in [-0.4, -0.2) is 70.1 Å². The van der Waals surface area contributed by atoms with Crippen LogP contribution in [0.3, 0.4) is 0 Å². The Labute approximate surface area is 136 Å². The first-order chi connectivity index (χ1) is 11.1. The molecule has 1 aliphatic rings. The second-order valence-corrected chi connectivity index (χ2v) is 5.34. The van der Waals surface area contributed by atoms with Crippen molar-refractivity contribution in [3.63, 3.8) is 0 Å². The Balaban J connectivity index is 1.76. The predicted molar refractivity (Wildman–Crippen MR) is 88.7 cm³/mol. The lowest BCUT2D eigenvalue weighted by molar-refractivity contribution is -0.130. The summed E-state index contributed by atoms with van der Waals surface area (Å²) in [5.74, 6) is 0.746. The van der Waals surface area contributed by atoms with Crippen molar-refractivity contribution in [2.24, 2.45) is 0 Å². The lowest BCUT2D eigenvalue weighted by Gasteiger charge is -2.36. The highest BCUT2D eigenvalue weighted by Gasteiger charge is 2.21. The van der Waals surface area contributed by atoms with Crippen molar-refractivity contribution in [3.8, 4) is 5.75 Å². The van der Waals surface area contributed by atoms with E-state index in [1.165, 1.54) is 0 Å². The van der Waals surface area contributed by atoms with Crippen LogP contribution in [0.25, 0.3) is 0 Å². The number of nitrogens with one attached hydrogen (secondary N) is 2. The van der Waals surface area contributed by atoms with E-state index in [1.54, 1.807) is 14.2 Å². The fraction of sp³-hybridized carbons (Fsp3) is 0.500. The van der Waals surface area contributed by atoms with Crippen LogP contribution in [0.2, 0.25) is 0 Å². The van der Waals surface area contributed by atoms with Crippen molar-refractivity contribution in [1.82, 2.24) is 15.5 Å². The highest BCUT2D eigenvalue weighted by molar-refractivity contribution is 5.81. The number of ether oxygens (including phenoxy) is 1. The van der Waals surface area contributed by atoms with Crippen molar-refractivity contribution < 1.29 is 14.3 Å². The van der Waals surface area contributed by atoms with E-state index in [4.69, 9.17) is 4.74 Å². The summed E-state index contributed by atoms with van der Waals surface area (Å²) in [4.78, 5) is 27.3. The summed E-state index contributed by atoms with van der Waals surface area (Å²) in [6, 6.07) is 7.94. The molecule has 0 saturated carbocycles. The molecule has 1 aromatic carbocycles. The summed E-state index contributed by atoms with van der Waals surface area (Å²) in [5, 5.41) is 5.37. The average molecular weight is 320 g/mol. The number of likely N-dealkylation sites (N-methyl/N-ethyl adjacent to an activating group) is 1. The summed E-state index contributed by atoms with van der Waals surface area (Å²) < 4.78 is 5.16. The Hall–Kier alpha value is -2.28. The standard InChI is InChI=1S/C16H24N4O3/c1-17-15(21)11-18-12-16(22)20-9-7-19(8-10-20)13-3-5-14(23-2)6-4-13/h3-6,18H,7-12H2,1-2H3,(H,17,21). The molecule has 0 radical (unpaired) electrons. The van der Waals surface area contributed by atoms with Crippen LogP contribution >= 0.6 is 0 Å². The van der Waals surface area contributed by atoms with Crippen LogP contribution in [0.1, 0.15) is 0 Å². The molecule has 1 heterocycles. The van der Waals surface area contributed by atoms with Gasteiger partial charge in [0.2, 0.25) is 11.8 Å². The molecule has 126 valence electrons. The van der Waals surface area contributed by atoms with Gasteiger partial charge >= 0.3 is 0 Å². The van der Waals surface area contributed by atoms with Gasteiger partial charge in [0.1, 0.15) is 5.75 Å². The highest BCUT2D eigenvalue weighted by atomic mass is 16.5. The molecule has 1 saturated heterocycles. The zero-order chi connectivity index (χ0) is 16.7. The smallest absolute Gasteiger partial charge is 0.236 e. The Kier molecular flexibility index (Phi) is 6.22. The molecule has 0 aliphatic carbocycles. The van der Waals surface area contributed by atoms with E-state index >= 15 is 0 Å². The van der Waals surface area contributed by atoms with Gasteiger partial charge in [-0.15, -0.1) is 0 Å². The first-order valence-electron chi connectivity index (χ1n) is 7.72. The summed E-state index contributed by atoms with van der Waals surface area (Å²) >= 11 is 0. The van der Waals surface area contributed by atoms with Gasteiger partial charge in [0, 0.05) is 38.9 Å². The van der Waals surface area contributed by atoms with E-state index in [0.717, 1.165) is 24.5 Å². The van der Waals surface area contributed by atoms with Crippen molar-refractivity contribution in [3.05, 3.63) is 24.3 Å². The number of amides is 2.